The lowest BCUT2D eigenvalue weighted by molar-refractivity contribution is 0.0206. The van der Waals surface area contributed by atoms with Crippen molar-refractivity contribution in [3.05, 3.63) is 17.4 Å². The topological polar surface area (TPSA) is 72.3 Å². The molecule has 136 valence electrons. The molecule has 0 unspecified atom stereocenters. The summed E-state index contributed by atoms with van der Waals surface area (Å²) in [5, 5.41) is 12.9. The van der Waals surface area contributed by atoms with Gasteiger partial charge in [-0.25, -0.2) is 4.79 Å². The van der Waals surface area contributed by atoms with E-state index in [0.717, 1.165) is 23.7 Å². The molecule has 0 bridgehead atoms. The minimum atomic E-state index is -0.492. The van der Waals surface area contributed by atoms with Crippen LogP contribution in [-0.4, -0.2) is 50.5 Å². The number of fused-ring (bicyclic) bond motifs is 1. The number of aromatic nitrogens is 3. The zero-order valence-electron chi connectivity index (χ0n) is 15.0. The van der Waals surface area contributed by atoms with Crippen molar-refractivity contribution >= 4 is 34.4 Å². The van der Waals surface area contributed by atoms with Crippen molar-refractivity contribution in [2.24, 2.45) is 7.05 Å². The van der Waals surface area contributed by atoms with E-state index in [1.807, 2.05) is 44.6 Å². The van der Waals surface area contributed by atoms with E-state index >= 15 is 0 Å². The number of hydrogen-bond acceptors (Lipinski definition) is 5. The summed E-state index contributed by atoms with van der Waals surface area (Å²) in [7, 11) is 1.94. The van der Waals surface area contributed by atoms with Crippen molar-refractivity contribution in [2.45, 2.75) is 45.3 Å². The molecule has 0 saturated carbocycles. The average molecular weight is 366 g/mol. The largest absolute Gasteiger partial charge is 0.444 e. The first-order valence-electron chi connectivity index (χ1n) is 8.46. The Labute approximate surface area is 152 Å². The Hall–Kier alpha value is -2.02. The minimum absolute atomic E-state index is 0.0924. The maximum Gasteiger partial charge on any atom is 0.410 e. The summed E-state index contributed by atoms with van der Waals surface area (Å²) in [6.07, 6.45) is 3.52. The molecule has 0 aliphatic carbocycles. The number of hydrogen-bond donors (Lipinski definition) is 1. The highest BCUT2D eigenvalue weighted by molar-refractivity contribution is 6.34. The molecule has 3 heterocycles. The van der Waals surface area contributed by atoms with Crippen molar-refractivity contribution in [3.8, 4) is 0 Å². The molecule has 3 rings (SSSR count). The van der Waals surface area contributed by atoms with Crippen LogP contribution in [0.3, 0.4) is 0 Å². The number of nitrogens with zero attached hydrogens (tertiary/aromatic N) is 4. The summed E-state index contributed by atoms with van der Waals surface area (Å²) in [5.41, 5.74) is 0.420. The standard InChI is InChI=1S/C17H24ClN5O2/c1-17(2,3)25-16(24)23-8-5-6-11(10-23)19-15-13-12(7-9-22(13)4)14(18)20-21-15/h7,9,11H,5-6,8,10H2,1-4H3,(H,19,21)/t11-/m1/s1. The van der Waals surface area contributed by atoms with E-state index in [-0.39, 0.29) is 12.1 Å². The number of carbonyl (C=O) groups is 1. The summed E-state index contributed by atoms with van der Waals surface area (Å²) >= 11 is 6.13. The Balaban J connectivity index is 1.74. The van der Waals surface area contributed by atoms with Crippen LogP contribution < -0.4 is 5.32 Å². The molecule has 25 heavy (non-hydrogen) atoms. The first-order valence-corrected chi connectivity index (χ1v) is 8.84. The fourth-order valence-electron chi connectivity index (χ4n) is 3.06. The van der Waals surface area contributed by atoms with E-state index in [0.29, 0.717) is 24.1 Å². The number of rotatable bonds is 2. The average Bonchev–Trinajstić information content (AvgIpc) is 2.92. The molecule has 1 atom stereocenters. The summed E-state index contributed by atoms with van der Waals surface area (Å²) in [6.45, 7) is 6.91. The van der Waals surface area contributed by atoms with E-state index in [4.69, 9.17) is 16.3 Å². The molecule has 2 aromatic heterocycles. The van der Waals surface area contributed by atoms with Gasteiger partial charge in [-0.3, -0.25) is 0 Å². The zero-order chi connectivity index (χ0) is 18.2. The maximum absolute atomic E-state index is 12.3. The number of amides is 1. The predicted octanol–water partition coefficient (Wildman–Crippen LogP) is 3.43. The van der Waals surface area contributed by atoms with Gasteiger partial charge in [0, 0.05) is 37.8 Å². The monoisotopic (exact) mass is 365 g/mol. The molecule has 0 aromatic carbocycles. The normalized spacial score (nSPS) is 18.4. The molecule has 1 aliphatic heterocycles. The third-order valence-electron chi connectivity index (χ3n) is 4.17. The van der Waals surface area contributed by atoms with Crippen molar-refractivity contribution in [1.29, 1.82) is 0 Å². The van der Waals surface area contributed by atoms with Gasteiger partial charge in [-0.2, -0.15) is 0 Å². The third kappa shape index (κ3) is 3.98. The summed E-state index contributed by atoms with van der Waals surface area (Å²) in [5.74, 6) is 0.683. The molecule has 8 heteroatoms. The number of likely N-dealkylation sites (tertiary alicyclic amines) is 1. The summed E-state index contributed by atoms with van der Waals surface area (Å²) in [4.78, 5) is 14.1. The highest BCUT2D eigenvalue weighted by atomic mass is 35.5. The number of anilines is 1. The van der Waals surface area contributed by atoms with Crippen LogP contribution in [0.2, 0.25) is 5.15 Å². The first-order chi connectivity index (χ1) is 11.7. The van der Waals surface area contributed by atoms with Gasteiger partial charge in [0.1, 0.15) is 5.60 Å². The van der Waals surface area contributed by atoms with E-state index in [2.05, 4.69) is 15.5 Å². The van der Waals surface area contributed by atoms with Gasteiger partial charge >= 0.3 is 6.09 Å². The highest BCUT2D eigenvalue weighted by Gasteiger charge is 2.28. The maximum atomic E-state index is 12.3. The first kappa shape index (κ1) is 17.8. The molecule has 0 radical (unpaired) electrons. The number of nitrogens with one attached hydrogen (secondary N) is 1. The number of halogens is 1. The second-order valence-electron chi connectivity index (χ2n) is 7.44. The fraction of sp³-hybridized carbons (Fsp3) is 0.588. The van der Waals surface area contributed by atoms with E-state index < -0.39 is 5.60 Å². The third-order valence-corrected chi connectivity index (χ3v) is 4.45. The Morgan fingerprint density at radius 2 is 2.16 bits per heavy atom. The molecule has 1 saturated heterocycles. The van der Waals surface area contributed by atoms with Gasteiger partial charge in [-0.15, -0.1) is 10.2 Å². The molecule has 1 amide bonds. The van der Waals surface area contributed by atoms with Crippen LogP contribution in [0.4, 0.5) is 10.6 Å². The van der Waals surface area contributed by atoms with Gasteiger partial charge in [0.05, 0.1) is 5.52 Å². The van der Waals surface area contributed by atoms with Crippen molar-refractivity contribution in [2.75, 3.05) is 18.4 Å². The molecule has 2 aromatic rings. The lowest BCUT2D eigenvalue weighted by Gasteiger charge is -2.34. The van der Waals surface area contributed by atoms with Crippen LogP contribution >= 0.6 is 11.6 Å². The molecule has 7 nitrogen and oxygen atoms in total. The van der Waals surface area contributed by atoms with Crippen LogP contribution in [0.25, 0.3) is 10.9 Å². The molecule has 1 N–H and O–H groups in total. The van der Waals surface area contributed by atoms with Crippen molar-refractivity contribution < 1.29 is 9.53 Å². The van der Waals surface area contributed by atoms with Crippen LogP contribution in [0.15, 0.2) is 12.3 Å². The lowest BCUT2D eigenvalue weighted by Crippen LogP contribution is -2.47. The van der Waals surface area contributed by atoms with Gasteiger partial charge < -0.3 is 19.5 Å². The van der Waals surface area contributed by atoms with Crippen molar-refractivity contribution in [1.82, 2.24) is 19.7 Å². The van der Waals surface area contributed by atoms with Crippen LogP contribution in [0.5, 0.6) is 0 Å². The van der Waals surface area contributed by atoms with Gasteiger partial charge in [0.25, 0.3) is 0 Å². The Bertz CT molecular complexity index is 783. The van der Waals surface area contributed by atoms with Crippen molar-refractivity contribution in [3.63, 3.8) is 0 Å². The Morgan fingerprint density at radius 1 is 1.40 bits per heavy atom. The number of ether oxygens (including phenoxy) is 1. The van der Waals surface area contributed by atoms with Gasteiger partial charge in [-0.1, -0.05) is 11.6 Å². The molecule has 0 spiro atoms. The predicted molar refractivity (Wildman–Crippen MR) is 98.0 cm³/mol. The van der Waals surface area contributed by atoms with Crippen LogP contribution in [0, 0.1) is 0 Å². The van der Waals surface area contributed by atoms with E-state index in [1.54, 1.807) is 4.90 Å². The highest BCUT2D eigenvalue weighted by Crippen LogP contribution is 2.28. The second-order valence-corrected chi connectivity index (χ2v) is 7.80. The SMILES string of the molecule is Cn1ccc2c(Cl)nnc(N[C@@H]3CCCN(C(=O)OC(C)(C)C)C3)c21. The fourth-order valence-corrected chi connectivity index (χ4v) is 3.25. The van der Waals surface area contributed by atoms with E-state index in [9.17, 15) is 4.79 Å². The smallest absolute Gasteiger partial charge is 0.410 e. The van der Waals surface area contributed by atoms with E-state index in [1.165, 1.54) is 0 Å². The number of aryl methyl sites for hydroxylation is 1. The Kier molecular flexibility index (Phi) is 4.77. The van der Waals surface area contributed by atoms with Gasteiger partial charge in [0.2, 0.25) is 0 Å². The zero-order valence-corrected chi connectivity index (χ0v) is 15.8. The summed E-state index contributed by atoms with van der Waals surface area (Å²) in [6, 6.07) is 2.01. The Morgan fingerprint density at radius 3 is 2.88 bits per heavy atom. The molecule has 1 fully saturated rings. The molecular formula is C17H24ClN5O2. The van der Waals surface area contributed by atoms with Gasteiger partial charge in [-0.05, 0) is 39.7 Å². The lowest BCUT2D eigenvalue weighted by atomic mass is 10.1. The summed E-state index contributed by atoms with van der Waals surface area (Å²) < 4.78 is 7.44. The van der Waals surface area contributed by atoms with Gasteiger partial charge in [0.15, 0.2) is 11.0 Å². The number of piperidine rings is 1. The minimum Gasteiger partial charge on any atom is -0.444 e. The number of carbonyl (C=O) groups excluding carboxylic acids is 1. The second kappa shape index (κ2) is 6.71. The van der Waals surface area contributed by atoms with Crippen LogP contribution in [-0.2, 0) is 11.8 Å². The van der Waals surface area contributed by atoms with Crippen LogP contribution in [0.1, 0.15) is 33.6 Å². The molecular weight excluding hydrogens is 342 g/mol. The molecule has 1 aliphatic rings. The quantitative estimate of drug-likeness (QED) is 0.882.